The van der Waals surface area contributed by atoms with E-state index in [0.29, 0.717) is 24.0 Å². The standard InChI is InChI=1S/C14H17N3O3/c1-3-12-16-14(20-17-12)10-5-7-11(8-6-10)19-9-13(18)15-4-2/h5-8H,3-4,9H2,1-2H3,(H,15,18). The lowest BCUT2D eigenvalue weighted by Crippen LogP contribution is -2.28. The lowest BCUT2D eigenvalue weighted by molar-refractivity contribution is -0.122. The van der Waals surface area contributed by atoms with Crippen LogP contribution < -0.4 is 10.1 Å². The minimum absolute atomic E-state index is 0.00767. The fourth-order valence-electron chi connectivity index (χ4n) is 1.61. The molecule has 0 aliphatic carbocycles. The van der Waals surface area contributed by atoms with Crippen LogP contribution in [0.4, 0.5) is 0 Å². The summed E-state index contributed by atoms with van der Waals surface area (Å²) in [6, 6.07) is 7.18. The van der Waals surface area contributed by atoms with Crippen molar-refractivity contribution in [2.24, 2.45) is 0 Å². The molecule has 1 N–H and O–H groups in total. The zero-order chi connectivity index (χ0) is 14.4. The quantitative estimate of drug-likeness (QED) is 0.870. The zero-order valence-electron chi connectivity index (χ0n) is 11.5. The molecule has 0 fully saturated rings. The Kier molecular flexibility index (Phi) is 4.70. The highest BCUT2D eigenvalue weighted by Crippen LogP contribution is 2.20. The fraction of sp³-hybridized carbons (Fsp3) is 0.357. The average Bonchev–Trinajstić information content (AvgIpc) is 2.95. The lowest BCUT2D eigenvalue weighted by atomic mass is 10.2. The van der Waals surface area contributed by atoms with E-state index in [1.165, 1.54) is 0 Å². The topological polar surface area (TPSA) is 77.2 Å². The number of ether oxygens (including phenoxy) is 1. The normalized spacial score (nSPS) is 10.3. The number of carbonyl (C=O) groups excluding carboxylic acids is 1. The summed E-state index contributed by atoms with van der Waals surface area (Å²) in [6.07, 6.45) is 0.733. The summed E-state index contributed by atoms with van der Waals surface area (Å²) in [4.78, 5) is 15.5. The number of aryl methyl sites for hydroxylation is 1. The molecule has 0 radical (unpaired) electrons. The van der Waals surface area contributed by atoms with Gasteiger partial charge in [0, 0.05) is 18.5 Å². The van der Waals surface area contributed by atoms with Crippen LogP contribution in [0.1, 0.15) is 19.7 Å². The van der Waals surface area contributed by atoms with E-state index < -0.39 is 0 Å². The van der Waals surface area contributed by atoms with E-state index in [-0.39, 0.29) is 12.5 Å². The Labute approximate surface area is 117 Å². The molecule has 1 aromatic carbocycles. The van der Waals surface area contributed by atoms with Crippen molar-refractivity contribution in [2.75, 3.05) is 13.2 Å². The second kappa shape index (κ2) is 6.70. The number of amides is 1. The van der Waals surface area contributed by atoms with Gasteiger partial charge in [-0.3, -0.25) is 4.79 Å². The molecule has 20 heavy (non-hydrogen) atoms. The van der Waals surface area contributed by atoms with E-state index >= 15 is 0 Å². The van der Waals surface area contributed by atoms with Crippen molar-refractivity contribution >= 4 is 5.91 Å². The van der Waals surface area contributed by atoms with Crippen LogP contribution >= 0.6 is 0 Å². The molecule has 0 saturated heterocycles. The van der Waals surface area contributed by atoms with Crippen molar-refractivity contribution in [1.29, 1.82) is 0 Å². The molecule has 0 aliphatic rings. The van der Waals surface area contributed by atoms with Gasteiger partial charge in [0.1, 0.15) is 5.75 Å². The van der Waals surface area contributed by atoms with Gasteiger partial charge >= 0.3 is 0 Å². The van der Waals surface area contributed by atoms with Gasteiger partial charge < -0.3 is 14.6 Å². The van der Waals surface area contributed by atoms with Gasteiger partial charge in [-0.25, -0.2) is 0 Å². The second-order valence-corrected chi connectivity index (χ2v) is 4.14. The molecule has 1 heterocycles. The van der Waals surface area contributed by atoms with Gasteiger partial charge in [0.25, 0.3) is 11.8 Å². The van der Waals surface area contributed by atoms with Crippen LogP contribution in [0.25, 0.3) is 11.5 Å². The summed E-state index contributed by atoms with van der Waals surface area (Å²) in [5.41, 5.74) is 0.822. The highest BCUT2D eigenvalue weighted by molar-refractivity contribution is 5.77. The molecule has 1 amide bonds. The maximum Gasteiger partial charge on any atom is 0.257 e. The third kappa shape index (κ3) is 3.57. The Morgan fingerprint density at radius 1 is 1.30 bits per heavy atom. The minimum Gasteiger partial charge on any atom is -0.484 e. The van der Waals surface area contributed by atoms with Crippen LogP contribution in [-0.2, 0) is 11.2 Å². The first-order valence-electron chi connectivity index (χ1n) is 6.55. The summed E-state index contributed by atoms with van der Waals surface area (Å²) in [7, 11) is 0. The maximum atomic E-state index is 11.3. The molecule has 0 atom stereocenters. The zero-order valence-corrected chi connectivity index (χ0v) is 11.5. The summed E-state index contributed by atoms with van der Waals surface area (Å²) >= 11 is 0. The lowest BCUT2D eigenvalue weighted by Gasteiger charge is -2.06. The molecule has 2 rings (SSSR count). The number of carbonyl (C=O) groups is 1. The molecule has 6 nitrogen and oxygen atoms in total. The van der Waals surface area contributed by atoms with Crippen molar-refractivity contribution in [3.05, 3.63) is 30.1 Å². The number of likely N-dealkylation sites (N-methyl/N-ethyl adjacent to an activating group) is 1. The molecule has 0 bridgehead atoms. The first-order chi connectivity index (χ1) is 9.72. The van der Waals surface area contributed by atoms with Crippen LogP contribution in [0, 0.1) is 0 Å². The van der Waals surface area contributed by atoms with Crippen LogP contribution in [0.15, 0.2) is 28.8 Å². The monoisotopic (exact) mass is 275 g/mol. The van der Waals surface area contributed by atoms with Crippen molar-refractivity contribution in [2.45, 2.75) is 20.3 Å². The predicted molar refractivity (Wildman–Crippen MR) is 73.3 cm³/mol. The fourth-order valence-corrected chi connectivity index (χ4v) is 1.61. The van der Waals surface area contributed by atoms with Crippen molar-refractivity contribution in [1.82, 2.24) is 15.5 Å². The van der Waals surface area contributed by atoms with Crippen molar-refractivity contribution < 1.29 is 14.1 Å². The van der Waals surface area contributed by atoms with Gasteiger partial charge in [0.2, 0.25) is 0 Å². The first-order valence-corrected chi connectivity index (χ1v) is 6.55. The average molecular weight is 275 g/mol. The number of benzene rings is 1. The maximum absolute atomic E-state index is 11.3. The molecule has 2 aromatic rings. The Bertz CT molecular complexity index is 563. The van der Waals surface area contributed by atoms with Gasteiger partial charge in [-0.2, -0.15) is 4.98 Å². The molecule has 0 aliphatic heterocycles. The third-order valence-corrected chi connectivity index (χ3v) is 2.63. The summed E-state index contributed by atoms with van der Waals surface area (Å²) in [5, 5.41) is 6.51. The SMILES string of the molecule is CCNC(=O)COc1ccc(-c2nc(CC)no2)cc1. The summed E-state index contributed by atoms with van der Waals surface area (Å²) in [6.45, 7) is 4.43. The Morgan fingerprint density at radius 2 is 2.05 bits per heavy atom. The smallest absolute Gasteiger partial charge is 0.257 e. The number of hydrogen-bond acceptors (Lipinski definition) is 5. The second-order valence-electron chi connectivity index (χ2n) is 4.14. The Hall–Kier alpha value is -2.37. The minimum atomic E-state index is -0.138. The van der Waals surface area contributed by atoms with Crippen LogP contribution in [0.5, 0.6) is 5.75 Å². The van der Waals surface area contributed by atoms with Gasteiger partial charge in [0.05, 0.1) is 0 Å². The van der Waals surface area contributed by atoms with E-state index in [4.69, 9.17) is 9.26 Å². The van der Waals surface area contributed by atoms with Gasteiger partial charge in [0.15, 0.2) is 12.4 Å². The Balaban J connectivity index is 1.97. The molecular weight excluding hydrogens is 258 g/mol. The van der Waals surface area contributed by atoms with E-state index in [1.807, 2.05) is 26.0 Å². The molecule has 0 saturated carbocycles. The third-order valence-electron chi connectivity index (χ3n) is 2.63. The summed E-state index contributed by atoms with van der Waals surface area (Å²) in [5.74, 6) is 1.64. The number of rotatable bonds is 6. The molecule has 1 aromatic heterocycles. The molecule has 106 valence electrons. The van der Waals surface area contributed by atoms with Crippen LogP contribution in [0.3, 0.4) is 0 Å². The van der Waals surface area contributed by atoms with Gasteiger partial charge in [-0.15, -0.1) is 0 Å². The number of aromatic nitrogens is 2. The van der Waals surface area contributed by atoms with Crippen molar-refractivity contribution in [3.8, 4) is 17.2 Å². The van der Waals surface area contributed by atoms with E-state index in [9.17, 15) is 4.79 Å². The van der Waals surface area contributed by atoms with E-state index in [2.05, 4.69) is 15.5 Å². The van der Waals surface area contributed by atoms with Crippen molar-refractivity contribution in [3.63, 3.8) is 0 Å². The molecule has 0 unspecified atom stereocenters. The largest absolute Gasteiger partial charge is 0.484 e. The van der Waals surface area contributed by atoms with Gasteiger partial charge in [-0.05, 0) is 31.2 Å². The van der Waals surface area contributed by atoms with E-state index in [1.54, 1.807) is 12.1 Å². The van der Waals surface area contributed by atoms with Gasteiger partial charge in [-0.1, -0.05) is 12.1 Å². The Morgan fingerprint density at radius 3 is 2.65 bits per heavy atom. The molecular formula is C14H17N3O3. The predicted octanol–water partition coefficient (Wildman–Crippen LogP) is 1.81. The highest BCUT2D eigenvalue weighted by atomic mass is 16.5. The molecule has 0 spiro atoms. The number of nitrogens with zero attached hydrogens (tertiary/aromatic N) is 2. The number of hydrogen-bond donors (Lipinski definition) is 1. The summed E-state index contributed by atoms with van der Waals surface area (Å²) < 4.78 is 10.5. The van der Waals surface area contributed by atoms with Crippen LogP contribution in [-0.4, -0.2) is 29.2 Å². The van der Waals surface area contributed by atoms with Crippen LogP contribution in [0.2, 0.25) is 0 Å². The van der Waals surface area contributed by atoms with E-state index in [0.717, 1.165) is 12.0 Å². The molecule has 6 heteroatoms. The highest BCUT2D eigenvalue weighted by Gasteiger charge is 2.08. The first kappa shape index (κ1) is 14.0. The number of nitrogens with one attached hydrogen (secondary N) is 1.